The van der Waals surface area contributed by atoms with Crippen LogP contribution in [0.2, 0.25) is 0 Å². The number of aryl methyl sites for hydroxylation is 3. The molecule has 4 rings (SSSR count). The van der Waals surface area contributed by atoms with Crippen LogP contribution in [0.4, 0.5) is 0 Å². The topological polar surface area (TPSA) is 76.4 Å². The fraction of sp³-hybridized carbons (Fsp3) is 0.360. The summed E-state index contributed by atoms with van der Waals surface area (Å²) in [4.78, 5) is 12.7. The molecule has 2 N–H and O–H groups in total. The number of rotatable bonds is 7. The van der Waals surface area contributed by atoms with Gasteiger partial charge in [-0.1, -0.05) is 37.6 Å². The van der Waals surface area contributed by atoms with E-state index in [9.17, 15) is 9.90 Å². The van der Waals surface area contributed by atoms with Gasteiger partial charge in [0.2, 0.25) is 0 Å². The molecule has 2 aromatic carbocycles. The van der Waals surface area contributed by atoms with E-state index in [2.05, 4.69) is 11.4 Å². The number of aromatic nitrogens is 2. The van der Waals surface area contributed by atoms with Crippen molar-refractivity contribution in [3.8, 4) is 22.7 Å². The lowest BCUT2D eigenvalue weighted by atomic mass is 9.89. The molecule has 0 saturated carbocycles. The fourth-order valence-corrected chi connectivity index (χ4v) is 3.76. The molecule has 0 fully saturated rings. The van der Waals surface area contributed by atoms with E-state index in [4.69, 9.17) is 9.84 Å². The third kappa shape index (κ3) is 4.86. The van der Waals surface area contributed by atoms with E-state index >= 15 is 0 Å². The first kappa shape index (κ1) is 21.3. The first-order valence-corrected chi connectivity index (χ1v) is 10.8. The SMILES string of the molecule is Cc1ccc(-n2nc3c(cc2=O)CCc2ccc(OCC(O)CNC(C)C)cc2-3)cc1. The zero-order valence-corrected chi connectivity index (χ0v) is 18.3. The maximum Gasteiger partial charge on any atom is 0.271 e. The Labute approximate surface area is 182 Å². The fourth-order valence-electron chi connectivity index (χ4n) is 3.76. The van der Waals surface area contributed by atoms with E-state index in [-0.39, 0.29) is 12.2 Å². The van der Waals surface area contributed by atoms with Gasteiger partial charge in [-0.2, -0.15) is 9.78 Å². The molecule has 0 radical (unpaired) electrons. The van der Waals surface area contributed by atoms with E-state index < -0.39 is 6.10 Å². The Balaban J connectivity index is 1.62. The summed E-state index contributed by atoms with van der Waals surface area (Å²) in [6.45, 7) is 6.79. The summed E-state index contributed by atoms with van der Waals surface area (Å²) >= 11 is 0. The number of benzene rings is 2. The third-order valence-electron chi connectivity index (χ3n) is 5.49. The van der Waals surface area contributed by atoms with Crippen LogP contribution in [0, 0.1) is 6.92 Å². The van der Waals surface area contributed by atoms with Crippen LogP contribution in [0.25, 0.3) is 16.9 Å². The molecule has 1 aliphatic rings. The summed E-state index contributed by atoms with van der Waals surface area (Å²) in [5, 5.41) is 18.1. The number of nitrogens with zero attached hydrogens (tertiary/aromatic N) is 2. The van der Waals surface area contributed by atoms with Gasteiger partial charge < -0.3 is 15.2 Å². The molecule has 0 aliphatic heterocycles. The van der Waals surface area contributed by atoms with E-state index in [1.54, 1.807) is 6.07 Å². The van der Waals surface area contributed by atoms with Crippen molar-refractivity contribution in [3.63, 3.8) is 0 Å². The highest BCUT2D eigenvalue weighted by Gasteiger charge is 2.21. The maximum atomic E-state index is 12.7. The Bertz CT molecular complexity index is 1120. The van der Waals surface area contributed by atoms with Crippen LogP contribution in [-0.2, 0) is 12.8 Å². The number of aliphatic hydroxyl groups is 1. The zero-order valence-electron chi connectivity index (χ0n) is 18.3. The van der Waals surface area contributed by atoms with E-state index in [0.717, 1.165) is 40.9 Å². The summed E-state index contributed by atoms with van der Waals surface area (Å²) in [5.41, 5.74) is 5.69. The minimum absolute atomic E-state index is 0.126. The quantitative estimate of drug-likeness (QED) is 0.616. The van der Waals surface area contributed by atoms with Crippen molar-refractivity contribution in [3.05, 3.63) is 75.6 Å². The van der Waals surface area contributed by atoms with Crippen LogP contribution >= 0.6 is 0 Å². The predicted molar refractivity (Wildman–Crippen MR) is 122 cm³/mol. The molecule has 31 heavy (non-hydrogen) atoms. The van der Waals surface area contributed by atoms with Crippen molar-refractivity contribution < 1.29 is 9.84 Å². The molecule has 0 amide bonds. The molecule has 6 heteroatoms. The van der Waals surface area contributed by atoms with Crippen LogP contribution in [0.5, 0.6) is 5.75 Å². The third-order valence-corrected chi connectivity index (χ3v) is 5.49. The van der Waals surface area contributed by atoms with Crippen molar-refractivity contribution >= 4 is 0 Å². The molecule has 0 saturated heterocycles. The first-order valence-electron chi connectivity index (χ1n) is 10.8. The van der Waals surface area contributed by atoms with Crippen molar-refractivity contribution in [2.75, 3.05) is 13.2 Å². The van der Waals surface area contributed by atoms with Gasteiger partial charge in [0, 0.05) is 24.2 Å². The number of hydrogen-bond acceptors (Lipinski definition) is 5. The van der Waals surface area contributed by atoms with Crippen molar-refractivity contribution in [1.29, 1.82) is 0 Å². The molecule has 1 heterocycles. The lowest BCUT2D eigenvalue weighted by Crippen LogP contribution is -2.35. The minimum Gasteiger partial charge on any atom is -0.491 e. The largest absolute Gasteiger partial charge is 0.491 e. The van der Waals surface area contributed by atoms with Gasteiger partial charge in [-0.25, -0.2) is 0 Å². The van der Waals surface area contributed by atoms with Gasteiger partial charge in [0.05, 0.1) is 11.4 Å². The van der Waals surface area contributed by atoms with Gasteiger partial charge in [-0.15, -0.1) is 0 Å². The Hall–Kier alpha value is -2.96. The normalized spacial score (nSPS) is 13.6. The lowest BCUT2D eigenvalue weighted by Gasteiger charge is -2.21. The molecule has 0 spiro atoms. The minimum atomic E-state index is -0.587. The van der Waals surface area contributed by atoms with Crippen molar-refractivity contribution in [2.24, 2.45) is 0 Å². The molecule has 1 aromatic heterocycles. The molecule has 0 bridgehead atoms. The second-order valence-electron chi connectivity index (χ2n) is 8.45. The molecular formula is C25H29N3O3. The predicted octanol–water partition coefficient (Wildman–Crippen LogP) is 3.04. The molecular weight excluding hydrogens is 390 g/mol. The Morgan fingerprint density at radius 2 is 1.84 bits per heavy atom. The molecule has 1 unspecified atom stereocenters. The van der Waals surface area contributed by atoms with Gasteiger partial charge in [-0.3, -0.25) is 4.79 Å². The van der Waals surface area contributed by atoms with E-state index in [1.807, 2.05) is 57.2 Å². The molecule has 3 aromatic rings. The van der Waals surface area contributed by atoms with Gasteiger partial charge in [0.15, 0.2) is 0 Å². The second-order valence-corrected chi connectivity index (χ2v) is 8.45. The number of aliphatic hydroxyl groups excluding tert-OH is 1. The van der Waals surface area contributed by atoms with Gasteiger partial charge in [-0.05, 0) is 55.2 Å². The summed E-state index contributed by atoms with van der Waals surface area (Å²) in [7, 11) is 0. The van der Waals surface area contributed by atoms with Gasteiger partial charge in [0.25, 0.3) is 5.56 Å². The van der Waals surface area contributed by atoms with Crippen molar-refractivity contribution in [1.82, 2.24) is 15.1 Å². The summed E-state index contributed by atoms with van der Waals surface area (Å²) < 4.78 is 7.31. The summed E-state index contributed by atoms with van der Waals surface area (Å²) in [6, 6.07) is 15.7. The van der Waals surface area contributed by atoms with E-state index in [1.165, 1.54) is 10.2 Å². The average Bonchev–Trinajstić information content (AvgIpc) is 2.76. The summed E-state index contributed by atoms with van der Waals surface area (Å²) in [6.07, 6.45) is 1.06. The Morgan fingerprint density at radius 3 is 2.58 bits per heavy atom. The molecule has 162 valence electrons. The highest BCUT2D eigenvalue weighted by molar-refractivity contribution is 5.70. The zero-order chi connectivity index (χ0) is 22.0. The number of ether oxygens (including phenoxy) is 1. The first-order chi connectivity index (χ1) is 14.9. The lowest BCUT2D eigenvalue weighted by molar-refractivity contribution is 0.104. The number of fused-ring (bicyclic) bond motifs is 3. The maximum absolute atomic E-state index is 12.7. The summed E-state index contributed by atoms with van der Waals surface area (Å²) in [5.74, 6) is 0.685. The average molecular weight is 420 g/mol. The number of hydrogen-bond donors (Lipinski definition) is 2. The second kappa shape index (κ2) is 9.04. The van der Waals surface area contributed by atoms with Gasteiger partial charge in [0.1, 0.15) is 18.5 Å². The highest BCUT2D eigenvalue weighted by atomic mass is 16.5. The van der Waals surface area contributed by atoms with E-state index in [0.29, 0.717) is 18.3 Å². The van der Waals surface area contributed by atoms with Crippen LogP contribution < -0.4 is 15.6 Å². The van der Waals surface area contributed by atoms with Crippen LogP contribution in [0.15, 0.2) is 53.3 Å². The van der Waals surface area contributed by atoms with Crippen LogP contribution in [-0.4, -0.2) is 40.2 Å². The smallest absolute Gasteiger partial charge is 0.271 e. The number of nitrogens with one attached hydrogen (secondary N) is 1. The standard InChI is InChI=1S/C25H29N3O3/c1-16(2)26-14-21(29)15-31-22-11-8-18-6-7-19-12-24(30)28(27-25(19)23(18)13-22)20-9-4-17(3)5-10-20/h4-5,8-13,16,21,26,29H,6-7,14-15H2,1-3H3. The molecule has 1 aliphatic carbocycles. The Morgan fingerprint density at radius 1 is 1.10 bits per heavy atom. The van der Waals surface area contributed by atoms with Crippen LogP contribution in [0.1, 0.15) is 30.5 Å². The molecule has 1 atom stereocenters. The van der Waals surface area contributed by atoms with Crippen molar-refractivity contribution in [2.45, 2.75) is 45.8 Å². The Kier molecular flexibility index (Phi) is 6.20. The monoisotopic (exact) mass is 419 g/mol. The van der Waals surface area contributed by atoms with Gasteiger partial charge >= 0.3 is 0 Å². The highest BCUT2D eigenvalue weighted by Crippen LogP contribution is 2.34. The molecule has 6 nitrogen and oxygen atoms in total. The van der Waals surface area contributed by atoms with Crippen LogP contribution in [0.3, 0.4) is 0 Å².